The summed E-state index contributed by atoms with van der Waals surface area (Å²) in [5, 5.41) is 9.69. The van der Waals surface area contributed by atoms with Crippen LogP contribution in [0.3, 0.4) is 0 Å². The predicted molar refractivity (Wildman–Crippen MR) is 187 cm³/mol. The van der Waals surface area contributed by atoms with E-state index < -0.39 is 0 Å². The zero-order valence-corrected chi connectivity index (χ0v) is 25.9. The van der Waals surface area contributed by atoms with Crippen LogP contribution < -0.4 is 0 Å². The van der Waals surface area contributed by atoms with Gasteiger partial charge < -0.3 is 0 Å². The number of benzene rings is 4. The molecule has 0 radical (unpaired) electrons. The lowest BCUT2D eigenvalue weighted by Crippen LogP contribution is -2.11. The van der Waals surface area contributed by atoms with Crippen LogP contribution in [0.5, 0.6) is 0 Å². The number of hydrogen-bond acceptors (Lipinski definition) is 4. The maximum atomic E-state index is 2.46. The van der Waals surface area contributed by atoms with Crippen molar-refractivity contribution in [2.75, 3.05) is 0 Å². The molecule has 0 saturated heterocycles. The first-order valence-corrected chi connectivity index (χ1v) is 17.5. The van der Waals surface area contributed by atoms with Gasteiger partial charge in [-0.15, -0.1) is 45.3 Å². The monoisotopic (exact) mass is 608 g/mol. The molecule has 0 unspecified atom stereocenters. The number of thiophene rings is 4. The minimum atomic E-state index is 0.964. The quantitative estimate of drug-likeness (QED) is 0.174. The third kappa shape index (κ3) is 3.98. The van der Waals surface area contributed by atoms with E-state index in [1.165, 1.54) is 84.2 Å². The lowest BCUT2D eigenvalue weighted by Gasteiger charge is -2.27. The Balaban J connectivity index is 1.38. The highest BCUT2D eigenvalue weighted by Crippen LogP contribution is 2.51. The third-order valence-corrected chi connectivity index (χ3v) is 12.8. The van der Waals surface area contributed by atoms with Crippen LogP contribution in [0.15, 0.2) is 120 Å². The molecule has 0 saturated carbocycles. The van der Waals surface area contributed by atoms with Gasteiger partial charge in [-0.05, 0) is 116 Å². The summed E-state index contributed by atoms with van der Waals surface area (Å²) >= 11 is 7.52. The molecule has 4 aromatic carbocycles. The number of rotatable bonds is 4. The highest BCUT2D eigenvalue weighted by Gasteiger charge is 2.27. The second-order valence-electron chi connectivity index (χ2n) is 10.9. The van der Waals surface area contributed by atoms with Crippen molar-refractivity contribution in [1.82, 2.24) is 0 Å². The molecular weight excluding hydrogens is 585 g/mol. The SMILES string of the molecule is c1csc(-c2ccc(-c3c4c(c(-c5ccc(-c6cccs6)s5)c5cc6ccccc6cc35)Cc3ccccc3C4)s2)c1. The van der Waals surface area contributed by atoms with Crippen molar-refractivity contribution < 1.29 is 0 Å². The van der Waals surface area contributed by atoms with Crippen molar-refractivity contribution in [1.29, 1.82) is 0 Å². The maximum absolute atomic E-state index is 2.46. The number of fused-ring (bicyclic) bond motifs is 4. The zero-order chi connectivity index (χ0) is 27.6. The van der Waals surface area contributed by atoms with Gasteiger partial charge in [-0.2, -0.15) is 0 Å². The molecule has 0 fully saturated rings. The summed E-state index contributed by atoms with van der Waals surface area (Å²) in [6, 6.07) is 41.0. The summed E-state index contributed by atoms with van der Waals surface area (Å²) in [6.07, 6.45) is 1.93. The van der Waals surface area contributed by atoms with Gasteiger partial charge in [0, 0.05) is 40.4 Å². The lowest BCUT2D eigenvalue weighted by atomic mass is 9.77. The Bertz CT molecular complexity index is 2080. The van der Waals surface area contributed by atoms with Gasteiger partial charge in [0.2, 0.25) is 0 Å². The smallest absolute Gasteiger partial charge is 0.0449 e. The van der Waals surface area contributed by atoms with E-state index >= 15 is 0 Å². The summed E-state index contributed by atoms with van der Waals surface area (Å²) < 4.78 is 0. The summed E-state index contributed by atoms with van der Waals surface area (Å²) in [5.41, 5.74) is 8.75. The standard InChI is InChI=1S/C38H24S4/c1-2-8-24-20-28-27(19-23(24)7-1)37(35-15-13-33(41-35)31-11-5-17-39-31)29-21-25-9-3-4-10-26(25)22-30(29)38(28)36-16-14-34(42-36)32-12-6-18-40-32/h1-20H,21-22H2. The normalized spacial score (nSPS) is 12.6. The van der Waals surface area contributed by atoms with Gasteiger partial charge in [0.15, 0.2) is 0 Å². The zero-order valence-electron chi connectivity index (χ0n) is 22.6. The van der Waals surface area contributed by atoms with Crippen LogP contribution >= 0.6 is 45.3 Å². The Morgan fingerprint density at radius 2 is 0.857 bits per heavy atom. The van der Waals surface area contributed by atoms with Gasteiger partial charge in [-0.1, -0.05) is 60.7 Å². The van der Waals surface area contributed by atoms with Crippen molar-refractivity contribution in [2.45, 2.75) is 12.8 Å². The van der Waals surface area contributed by atoms with E-state index in [4.69, 9.17) is 0 Å². The summed E-state index contributed by atoms with van der Waals surface area (Å²) in [5.74, 6) is 0. The van der Waals surface area contributed by atoms with Crippen molar-refractivity contribution in [3.8, 4) is 40.4 Å². The van der Waals surface area contributed by atoms with E-state index in [9.17, 15) is 0 Å². The van der Waals surface area contributed by atoms with Crippen LogP contribution in [0.1, 0.15) is 22.3 Å². The molecule has 1 aliphatic carbocycles. The molecule has 1 aliphatic rings. The van der Waals surface area contributed by atoms with E-state index in [1.807, 2.05) is 45.3 Å². The predicted octanol–water partition coefficient (Wildman–Crippen LogP) is 12.4. The highest BCUT2D eigenvalue weighted by atomic mass is 32.1. The van der Waals surface area contributed by atoms with Crippen LogP contribution in [0.2, 0.25) is 0 Å². The topological polar surface area (TPSA) is 0 Å². The first kappa shape index (κ1) is 24.8. The maximum Gasteiger partial charge on any atom is 0.0449 e. The van der Waals surface area contributed by atoms with Gasteiger partial charge in [-0.3, -0.25) is 0 Å². The minimum Gasteiger partial charge on any atom is -0.143 e. The molecule has 0 spiro atoms. The third-order valence-electron chi connectivity index (χ3n) is 8.48. The molecule has 8 aromatic rings. The van der Waals surface area contributed by atoms with Crippen LogP contribution in [0.25, 0.3) is 61.9 Å². The Morgan fingerprint density at radius 3 is 1.31 bits per heavy atom. The average Bonchev–Trinajstić information content (AvgIpc) is 3.85. The van der Waals surface area contributed by atoms with Gasteiger partial charge in [0.25, 0.3) is 0 Å². The Morgan fingerprint density at radius 1 is 0.405 bits per heavy atom. The fourth-order valence-electron chi connectivity index (χ4n) is 6.56. The first-order chi connectivity index (χ1) is 20.8. The molecule has 0 aliphatic heterocycles. The highest BCUT2D eigenvalue weighted by molar-refractivity contribution is 7.24. The van der Waals surface area contributed by atoms with Gasteiger partial charge in [-0.25, -0.2) is 0 Å². The lowest BCUT2D eigenvalue weighted by molar-refractivity contribution is 1.01. The largest absolute Gasteiger partial charge is 0.143 e. The first-order valence-electron chi connectivity index (χ1n) is 14.2. The number of hydrogen-bond donors (Lipinski definition) is 0. The average molecular weight is 609 g/mol. The van der Waals surface area contributed by atoms with E-state index in [2.05, 4.69) is 120 Å². The molecule has 0 atom stereocenters. The Labute approximate surface area is 260 Å². The van der Waals surface area contributed by atoms with E-state index in [1.54, 1.807) is 0 Å². The summed E-state index contributed by atoms with van der Waals surface area (Å²) in [7, 11) is 0. The van der Waals surface area contributed by atoms with Gasteiger partial charge >= 0.3 is 0 Å². The minimum absolute atomic E-state index is 0.964. The Hall–Kier alpha value is -3.80. The molecule has 0 nitrogen and oxygen atoms in total. The molecular formula is C38H24S4. The van der Waals surface area contributed by atoms with Crippen LogP contribution in [-0.2, 0) is 12.8 Å². The van der Waals surface area contributed by atoms with Crippen LogP contribution in [0.4, 0.5) is 0 Å². The van der Waals surface area contributed by atoms with Crippen molar-refractivity contribution in [3.05, 3.63) is 142 Å². The Kier molecular flexibility index (Phi) is 5.83. The second kappa shape index (κ2) is 9.89. The van der Waals surface area contributed by atoms with Crippen LogP contribution in [0, 0.1) is 0 Å². The second-order valence-corrected chi connectivity index (χ2v) is 14.9. The molecule has 4 heteroatoms. The fraction of sp³-hybridized carbons (Fsp3) is 0.0526. The molecule has 0 amide bonds. The van der Waals surface area contributed by atoms with Crippen molar-refractivity contribution in [2.24, 2.45) is 0 Å². The molecule has 0 bridgehead atoms. The van der Waals surface area contributed by atoms with E-state index in [0.29, 0.717) is 0 Å². The molecule has 9 rings (SSSR count). The molecule has 200 valence electrons. The van der Waals surface area contributed by atoms with E-state index in [-0.39, 0.29) is 0 Å². The molecule has 4 aromatic heterocycles. The van der Waals surface area contributed by atoms with Crippen LogP contribution in [-0.4, -0.2) is 0 Å². The molecule has 4 heterocycles. The summed E-state index contributed by atoms with van der Waals surface area (Å²) in [4.78, 5) is 8.12. The molecule has 0 N–H and O–H groups in total. The van der Waals surface area contributed by atoms with Gasteiger partial charge in [0.05, 0.1) is 0 Å². The summed E-state index contributed by atoms with van der Waals surface area (Å²) in [6.45, 7) is 0. The van der Waals surface area contributed by atoms with Gasteiger partial charge in [0.1, 0.15) is 0 Å². The fourth-order valence-corrected chi connectivity index (χ4v) is 10.4. The van der Waals surface area contributed by atoms with Crippen molar-refractivity contribution >= 4 is 66.9 Å². The van der Waals surface area contributed by atoms with E-state index in [0.717, 1.165) is 12.8 Å². The molecule has 42 heavy (non-hydrogen) atoms. The van der Waals surface area contributed by atoms with Crippen molar-refractivity contribution in [3.63, 3.8) is 0 Å².